The van der Waals surface area contributed by atoms with Gasteiger partial charge in [0.1, 0.15) is 11.4 Å². The number of benzene rings is 1. The van der Waals surface area contributed by atoms with Crippen LogP contribution in [0.3, 0.4) is 0 Å². The molecular formula is C22H27F3N4O. The maximum Gasteiger partial charge on any atom is 0.416 e. The summed E-state index contributed by atoms with van der Waals surface area (Å²) in [7, 11) is 2.10. The predicted octanol–water partition coefficient (Wildman–Crippen LogP) is 4.60. The molecule has 5 nitrogen and oxygen atoms in total. The number of phenolic OH excluding ortho intramolecular Hbond substituents is 1. The Morgan fingerprint density at radius 2 is 2.00 bits per heavy atom. The summed E-state index contributed by atoms with van der Waals surface area (Å²) < 4.78 is 39.0. The van der Waals surface area contributed by atoms with Crippen LogP contribution in [0.2, 0.25) is 0 Å². The van der Waals surface area contributed by atoms with Crippen LogP contribution in [0.4, 0.5) is 19.0 Å². The van der Waals surface area contributed by atoms with Crippen molar-refractivity contribution in [3.05, 3.63) is 34.9 Å². The summed E-state index contributed by atoms with van der Waals surface area (Å²) in [5.74, 6) is 0.324. The molecule has 4 rings (SSSR count). The lowest BCUT2D eigenvalue weighted by atomic mass is 9.84. The van der Waals surface area contributed by atoms with Crippen molar-refractivity contribution < 1.29 is 18.3 Å². The number of nitrogens with zero attached hydrogens (tertiary/aromatic N) is 3. The molecule has 1 fully saturated rings. The molecule has 2 aromatic rings. The number of aromatic nitrogens is 2. The molecule has 0 amide bonds. The number of hydrogen-bond acceptors (Lipinski definition) is 5. The van der Waals surface area contributed by atoms with Gasteiger partial charge in [-0.2, -0.15) is 13.2 Å². The number of rotatable bonds is 3. The third-order valence-electron chi connectivity index (χ3n) is 6.30. The van der Waals surface area contributed by atoms with Crippen LogP contribution in [0, 0.1) is 0 Å². The van der Waals surface area contributed by atoms with E-state index in [9.17, 15) is 18.3 Å². The van der Waals surface area contributed by atoms with E-state index in [1.807, 2.05) is 0 Å². The average Bonchev–Trinajstić information content (AvgIpc) is 2.98. The van der Waals surface area contributed by atoms with E-state index in [1.165, 1.54) is 6.07 Å². The van der Waals surface area contributed by atoms with Gasteiger partial charge in [0, 0.05) is 23.7 Å². The quantitative estimate of drug-likeness (QED) is 0.760. The van der Waals surface area contributed by atoms with Gasteiger partial charge in [0.05, 0.1) is 5.56 Å². The number of likely N-dealkylation sites (N-methyl/N-ethyl adjacent to an activating group) is 1. The van der Waals surface area contributed by atoms with Crippen molar-refractivity contribution in [3.8, 4) is 17.0 Å². The fourth-order valence-corrected chi connectivity index (χ4v) is 4.70. The van der Waals surface area contributed by atoms with Crippen LogP contribution in [-0.2, 0) is 18.0 Å². The van der Waals surface area contributed by atoms with Crippen molar-refractivity contribution in [1.82, 2.24) is 15.1 Å². The first kappa shape index (κ1) is 20.9. The first-order valence-electron chi connectivity index (χ1n) is 10.3. The number of fused-ring (bicyclic) bond motifs is 1. The number of nitrogens with one attached hydrogen (secondary N) is 1. The number of alkyl halides is 3. The standard InChI is InChI=1S/C22H27F3N4O/c1-21(2)9-8-16-18(21)19(15-7-6-13(11-17(15)30)22(23,24)25)27-28-20(16)26-14-5-4-10-29(3)12-14/h6-7,11,14,30H,4-5,8-10,12H2,1-3H3,(H,26,28)/t14-/m1/s1. The van der Waals surface area contributed by atoms with Gasteiger partial charge in [0.25, 0.3) is 0 Å². The van der Waals surface area contributed by atoms with E-state index in [0.717, 1.165) is 67.9 Å². The number of likely N-dealkylation sites (tertiary alicyclic amines) is 1. The lowest BCUT2D eigenvalue weighted by Gasteiger charge is -2.31. The van der Waals surface area contributed by atoms with E-state index in [0.29, 0.717) is 5.69 Å². The molecule has 0 unspecified atom stereocenters. The van der Waals surface area contributed by atoms with Crippen molar-refractivity contribution in [1.29, 1.82) is 0 Å². The molecule has 1 aromatic heterocycles. The van der Waals surface area contributed by atoms with Crippen molar-refractivity contribution in [3.63, 3.8) is 0 Å². The highest BCUT2D eigenvalue weighted by molar-refractivity contribution is 5.75. The van der Waals surface area contributed by atoms with Crippen molar-refractivity contribution in [2.45, 2.75) is 57.2 Å². The molecule has 162 valence electrons. The van der Waals surface area contributed by atoms with Crippen LogP contribution in [0.5, 0.6) is 5.75 Å². The lowest BCUT2D eigenvalue weighted by Crippen LogP contribution is -2.40. The zero-order valence-corrected chi connectivity index (χ0v) is 17.5. The minimum absolute atomic E-state index is 0.213. The van der Waals surface area contributed by atoms with Gasteiger partial charge < -0.3 is 15.3 Å². The summed E-state index contributed by atoms with van der Waals surface area (Å²) in [4.78, 5) is 2.29. The second-order valence-corrected chi connectivity index (χ2v) is 9.11. The molecule has 1 aliphatic carbocycles. The van der Waals surface area contributed by atoms with Crippen LogP contribution in [-0.4, -0.2) is 46.4 Å². The molecule has 1 atom stereocenters. The average molecular weight is 420 g/mol. The Kier molecular flexibility index (Phi) is 5.16. The molecule has 0 spiro atoms. The highest BCUT2D eigenvalue weighted by atomic mass is 19.4. The van der Waals surface area contributed by atoms with Crippen molar-refractivity contribution in [2.24, 2.45) is 0 Å². The molecular weight excluding hydrogens is 393 g/mol. The molecule has 2 heterocycles. The van der Waals surface area contributed by atoms with Gasteiger partial charge in [-0.05, 0) is 68.5 Å². The van der Waals surface area contributed by atoms with Gasteiger partial charge >= 0.3 is 6.18 Å². The largest absolute Gasteiger partial charge is 0.507 e. The molecule has 30 heavy (non-hydrogen) atoms. The smallest absolute Gasteiger partial charge is 0.416 e. The maximum atomic E-state index is 13.0. The first-order chi connectivity index (χ1) is 14.1. The molecule has 2 aliphatic rings. The van der Waals surface area contributed by atoms with E-state index in [1.54, 1.807) is 0 Å². The normalized spacial score (nSPS) is 21.5. The third kappa shape index (κ3) is 3.85. The topological polar surface area (TPSA) is 61.3 Å². The van der Waals surface area contributed by atoms with Crippen molar-refractivity contribution in [2.75, 3.05) is 25.5 Å². The second-order valence-electron chi connectivity index (χ2n) is 9.11. The second kappa shape index (κ2) is 7.41. The number of aromatic hydroxyl groups is 1. The number of halogens is 3. The van der Waals surface area contributed by atoms with Crippen LogP contribution < -0.4 is 5.32 Å². The molecule has 0 bridgehead atoms. The Morgan fingerprint density at radius 1 is 1.23 bits per heavy atom. The Labute approximate surface area is 174 Å². The summed E-state index contributed by atoms with van der Waals surface area (Å²) in [5, 5.41) is 22.7. The number of anilines is 1. The van der Waals surface area contributed by atoms with Crippen LogP contribution >= 0.6 is 0 Å². The van der Waals surface area contributed by atoms with E-state index >= 15 is 0 Å². The Morgan fingerprint density at radius 3 is 2.67 bits per heavy atom. The Bertz CT molecular complexity index is 958. The third-order valence-corrected chi connectivity index (χ3v) is 6.30. The summed E-state index contributed by atoms with van der Waals surface area (Å²) in [6.45, 7) is 6.22. The summed E-state index contributed by atoms with van der Waals surface area (Å²) in [6.07, 6.45) is -0.622. The summed E-state index contributed by atoms with van der Waals surface area (Å²) >= 11 is 0. The molecule has 0 radical (unpaired) electrons. The SMILES string of the molecule is CN1CCC[C@@H](Nc2nnc(-c3ccc(C(F)(F)F)cc3O)c3c2CCC3(C)C)C1. The number of hydrogen-bond donors (Lipinski definition) is 2. The first-order valence-corrected chi connectivity index (χ1v) is 10.3. The highest BCUT2D eigenvalue weighted by Gasteiger charge is 2.38. The van der Waals surface area contributed by atoms with Gasteiger partial charge in [-0.25, -0.2) is 0 Å². The maximum absolute atomic E-state index is 13.0. The Balaban J connectivity index is 1.75. The summed E-state index contributed by atoms with van der Waals surface area (Å²) in [5.41, 5.74) is 1.66. The van der Waals surface area contributed by atoms with Crippen LogP contribution in [0.15, 0.2) is 18.2 Å². The molecule has 2 N–H and O–H groups in total. The monoisotopic (exact) mass is 420 g/mol. The zero-order chi connectivity index (χ0) is 21.7. The molecule has 1 aromatic carbocycles. The molecule has 1 saturated heterocycles. The molecule has 1 aliphatic heterocycles. The lowest BCUT2D eigenvalue weighted by molar-refractivity contribution is -0.137. The predicted molar refractivity (Wildman–Crippen MR) is 110 cm³/mol. The van der Waals surface area contributed by atoms with Crippen molar-refractivity contribution >= 4 is 5.82 Å². The van der Waals surface area contributed by atoms with Crippen LogP contribution in [0.1, 0.15) is 49.8 Å². The van der Waals surface area contributed by atoms with Gasteiger partial charge in [0.15, 0.2) is 5.82 Å². The highest BCUT2D eigenvalue weighted by Crippen LogP contribution is 2.47. The number of phenols is 1. The van der Waals surface area contributed by atoms with Gasteiger partial charge in [-0.15, -0.1) is 10.2 Å². The minimum atomic E-state index is -4.51. The van der Waals surface area contributed by atoms with Crippen LogP contribution in [0.25, 0.3) is 11.3 Å². The molecule has 0 saturated carbocycles. The van der Waals surface area contributed by atoms with E-state index in [4.69, 9.17) is 0 Å². The van der Waals surface area contributed by atoms with Gasteiger partial charge in [-0.3, -0.25) is 0 Å². The number of piperidine rings is 1. The fraction of sp³-hybridized carbons (Fsp3) is 0.545. The van der Waals surface area contributed by atoms with E-state index in [2.05, 4.69) is 41.3 Å². The zero-order valence-electron chi connectivity index (χ0n) is 17.5. The van der Waals surface area contributed by atoms with Gasteiger partial charge in [0.2, 0.25) is 0 Å². The molecule has 8 heteroatoms. The van der Waals surface area contributed by atoms with Gasteiger partial charge in [-0.1, -0.05) is 13.8 Å². The fourth-order valence-electron chi connectivity index (χ4n) is 4.70. The summed E-state index contributed by atoms with van der Waals surface area (Å²) in [6, 6.07) is 3.32. The van der Waals surface area contributed by atoms with E-state index < -0.39 is 17.5 Å². The minimum Gasteiger partial charge on any atom is -0.507 e. The van der Waals surface area contributed by atoms with E-state index in [-0.39, 0.29) is 17.0 Å². The Hall–Kier alpha value is -2.35.